The van der Waals surface area contributed by atoms with Gasteiger partial charge in [0.15, 0.2) is 0 Å². The predicted molar refractivity (Wildman–Crippen MR) is 71.1 cm³/mol. The van der Waals surface area contributed by atoms with Crippen molar-refractivity contribution in [2.24, 2.45) is 0 Å². The Bertz CT molecular complexity index is 395. The molecule has 1 amide bonds. The quantitative estimate of drug-likeness (QED) is 0.837. The number of aliphatic hydroxyl groups is 1. The predicted octanol–water partition coefficient (Wildman–Crippen LogP) is 2.26. The number of carbonyl (C=O) groups excluding carboxylic acids is 1. The van der Waals surface area contributed by atoms with Crippen LogP contribution < -0.4 is 0 Å². The van der Waals surface area contributed by atoms with Gasteiger partial charge in [-0.25, -0.2) is 0 Å². The Hall–Kier alpha value is -1.35. The summed E-state index contributed by atoms with van der Waals surface area (Å²) in [6.07, 6.45) is 3.27. The molecule has 3 nitrogen and oxygen atoms in total. The molecule has 1 aromatic carbocycles. The van der Waals surface area contributed by atoms with Gasteiger partial charge in [0.2, 0.25) is 5.91 Å². The molecule has 0 heterocycles. The number of aliphatic hydroxyl groups excluding tert-OH is 1. The van der Waals surface area contributed by atoms with Gasteiger partial charge in [-0.15, -0.1) is 0 Å². The van der Waals surface area contributed by atoms with Gasteiger partial charge in [0, 0.05) is 25.6 Å². The van der Waals surface area contributed by atoms with E-state index >= 15 is 0 Å². The van der Waals surface area contributed by atoms with Crippen molar-refractivity contribution in [3.63, 3.8) is 0 Å². The smallest absolute Gasteiger partial charge is 0.223 e. The first-order valence-corrected chi connectivity index (χ1v) is 6.66. The molecule has 1 aromatic rings. The fraction of sp³-hybridized carbons (Fsp3) is 0.533. The molecule has 0 saturated heterocycles. The van der Waals surface area contributed by atoms with Gasteiger partial charge in [-0.05, 0) is 31.7 Å². The van der Waals surface area contributed by atoms with E-state index in [1.54, 1.807) is 0 Å². The first kappa shape index (κ1) is 13.1. The first-order chi connectivity index (χ1) is 8.70. The molecule has 0 radical (unpaired) electrons. The van der Waals surface area contributed by atoms with Crippen LogP contribution in [0.25, 0.3) is 0 Å². The first-order valence-electron chi connectivity index (χ1n) is 6.66. The van der Waals surface area contributed by atoms with Crippen LogP contribution in [-0.2, 0) is 11.3 Å². The number of amides is 1. The molecule has 18 heavy (non-hydrogen) atoms. The average molecular weight is 247 g/mol. The lowest BCUT2D eigenvalue weighted by molar-refractivity contribution is -0.132. The number of hydrogen-bond acceptors (Lipinski definition) is 2. The highest BCUT2D eigenvalue weighted by molar-refractivity contribution is 5.76. The zero-order valence-electron chi connectivity index (χ0n) is 10.9. The largest absolute Gasteiger partial charge is 0.396 e. The lowest BCUT2D eigenvalue weighted by Crippen LogP contribution is -2.32. The molecule has 0 spiro atoms. The van der Waals surface area contributed by atoms with E-state index in [2.05, 4.69) is 31.2 Å². The number of rotatable bonds is 6. The van der Waals surface area contributed by atoms with Crippen molar-refractivity contribution in [2.75, 3.05) is 6.61 Å². The second-order valence-corrected chi connectivity index (χ2v) is 5.07. The Morgan fingerprint density at radius 3 is 2.56 bits per heavy atom. The average Bonchev–Trinajstić information content (AvgIpc) is 3.19. The van der Waals surface area contributed by atoms with E-state index in [1.165, 1.54) is 11.1 Å². The highest BCUT2D eigenvalue weighted by Gasteiger charge is 2.31. The molecule has 1 N–H and O–H groups in total. The number of benzene rings is 1. The van der Waals surface area contributed by atoms with Crippen molar-refractivity contribution in [3.05, 3.63) is 35.4 Å². The minimum absolute atomic E-state index is 0.0920. The molecule has 3 heteroatoms. The Balaban J connectivity index is 1.97. The van der Waals surface area contributed by atoms with Crippen LogP contribution in [0.4, 0.5) is 0 Å². The molecule has 1 aliphatic rings. The van der Waals surface area contributed by atoms with Gasteiger partial charge in [0.05, 0.1) is 0 Å². The normalized spacial score (nSPS) is 14.6. The van der Waals surface area contributed by atoms with Crippen LogP contribution >= 0.6 is 0 Å². The monoisotopic (exact) mass is 247 g/mol. The van der Waals surface area contributed by atoms with Crippen molar-refractivity contribution in [1.82, 2.24) is 4.90 Å². The van der Waals surface area contributed by atoms with E-state index < -0.39 is 0 Å². The molecular weight excluding hydrogens is 226 g/mol. The fourth-order valence-corrected chi connectivity index (χ4v) is 2.07. The summed E-state index contributed by atoms with van der Waals surface area (Å²) in [5, 5.41) is 8.80. The molecule has 0 aliphatic heterocycles. The Morgan fingerprint density at radius 2 is 2.00 bits per heavy atom. The van der Waals surface area contributed by atoms with E-state index in [1.807, 2.05) is 4.90 Å². The molecule has 0 aromatic heterocycles. The molecule has 98 valence electrons. The van der Waals surface area contributed by atoms with Crippen LogP contribution in [0, 0.1) is 6.92 Å². The number of nitrogens with zero attached hydrogens (tertiary/aromatic N) is 1. The van der Waals surface area contributed by atoms with Crippen molar-refractivity contribution in [3.8, 4) is 0 Å². The van der Waals surface area contributed by atoms with Crippen molar-refractivity contribution >= 4 is 5.91 Å². The van der Waals surface area contributed by atoms with Gasteiger partial charge in [-0.1, -0.05) is 29.8 Å². The minimum Gasteiger partial charge on any atom is -0.396 e. The highest BCUT2D eigenvalue weighted by atomic mass is 16.3. The Labute approximate surface area is 108 Å². The number of carbonyl (C=O) groups is 1. The summed E-state index contributed by atoms with van der Waals surface area (Å²) < 4.78 is 0. The highest BCUT2D eigenvalue weighted by Crippen LogP contribution is 2.29. The lowest BCUT2D eigenvalue weighted by atomic mass is 10.1. The molecular formula is C15H21NO2. The van der Waals surface area contributed by atoms with E-state index in [9.17, 15) is 4.79 Å². The van der Waals surface area contributed by atoms with Crippen molar-refractivity contribution < 1.29 is 9.90 Å². The van der Waals surface area contributed by atoms with Crippen molar-refractivity contribution in [1.29, 1.82) is 0 Å². The second kappa shape index (κ2) is 6.01. The van der Waals surface area contributed by atoms with E-state index in [-0.39, 0.29) is 12.5 Å². The number of aryl methyl sites for hydroxylation is 1. The molecule has 0 unspecified atom stereocenters. The summed E-state index contributed by atoms with van der Waals surface area (Å²) in [7, 11) is 0. The van der Waals surface area contributed by atoms with Gasteiger partial charge in [0.25, 0.3) is 0 Å². The van der Waals surface area contributed by atoms with Crippen LogP contribution in [0.3, 0.4) is 0 Å². The fourth-order valence-electron chi connectivity index (χ4n) is 2.07. The molecule has 0 bridgehead atoms. The molecule has 1 saturated carbocycles. The third-order valence-electron chi connectivity index (χ3n) is 3.33. The SMILES string of the molecule is Cc1ccc(CN(C(=O)CCCO)C2CC2)cc1. The van der Waals surface area contributed by atoms with Crippen LogP contribution in [0.15, 0.2) is 24.3 Å². The van der Waals surface area contributed by atoms with Gasteiger partial charge >= 0.3 is 0 Å². The van der Waals surface area contributed by atoms with Gasteiger partial charge < -0.3 is 10.0 Å². The summed E-state index contributed by atoms with van der Waals surface area (Å²) in [6, 6.07) is 8.77. The summed E-state index contributed by atoms with van der Waals surface area (Å²) in [4.78, 5) is 14.0. The summed E-state index contributed by atoms with van der Waals surface area (Å²) in [5.74, 6) is 0.173. The standard InChI is InChI=1S/C15H21NO2/c1-12-4-6-13(7-5-12)11-16(14-8-9-14)15(18)3-2-10-17/h4-7,14,17H,2-3,8-11H2,1H3. The zero-order chi connectivity index (χ0) is 13.0. The number of hydrogen-bond donors (Lipinski definition) is 1. The third-order valence-corrected chi connectivity index (χ3v) is 3.33. The third kappa shape index (κ3) is 3.57. The zero-order valence-corrected chi connectivity index (χ0v) is 10.9. The van der Waals surface area contributed by atoms with E-state index in [0.29, 0.717) is 25.4 Å². The summed E-state index contributed by atoms with van der Waals surface area (Å²) in [6.45, 7) is 2.86. The van der Waals surface area contributed by atoms with E-state index in [0.717, 1.165) is 12.8 Å². The van der Waals surface area contributed by atoms with Gasteiger partial charge in [0.1, 0.15) is 0 Å². The molecule has 0 atom stereocenters. The lowest BCUT2D eigenvalue weighted by Gasteiger charge is -2.22. The van der Waals surface area contributed by atoms with Crippen LogP contribution in [0.5, 0.6) is 0 Å². The minimum atomic E-state index is 0.0920. The summed E-state index contributed by atoms with van der Waals surface area (Å²) >= 11 is 0. The van der Waals surface area contributed by atoms with Crippen LogP contribution in [-0.4, -0.2) is 28.6 Å². The maximum absolute atomic E-state index is 12.1. The van der Waals surface area contributed by atoms with Gasteiger partial charge in [-0.2, -0.15) is 0 Å². The van der Waals surface area contributed by atoms with Crippen LogP contribution in [0.1, 0.15) is 36.8 Å². The maximum atomic E-state index is 12.1. The van der Waals surface area contributed by atoms with Gasteiger partial charge in [-0.3, -0.25) is 4.79 Å². The Kier molecular flexibility index (Phi) is 4.37. The topological polar surface area (TPSA) is 40.5 Å². The van der Waals surface area contributed by atoms with Crippen LogP contribution in [0.2, 0.25) is 0 Å². The van der Waals surface area contributed by atoms with E-state index in [4.69, 9.17) is 5.11 Å². The Morgan fingerprint density at radius 1 is 1.33 bits per heavy atom. The second-order valence-electron chi connectivity index (χ2n) is 5.07. The summed E-state index contributed by atoms with van der Waals surface area (Å²) in [5.41, 5.74) is 2.42. The van der Waals surface area contributed by atoms with Crippen molar-refractivity contribution in [2.45, 2.75) is 45.2 Å². The molecule has 1 aliphatic carbocycles. The molecule has 2 rings (SSSR count). The maximum Gasteiger partial charge on any atom is 0.223 e. The molecule has 1 fully saturated rings.